The van der Waals surface area contributed by atoms with Crippen LogP contribution in [0.3, 0.4) is 0 Å². The van der Waals surface area contributed by atoms with Crippen LogP contribution in [-0.2, 0) is 0 Å². The quantitative estimate of drug-likeness (QED) is 0.125. The second-order valence-electron chi connectivity index (χ2n) is 15.6. The van der Waals surface area contributed by atoms with Crippen LogP contribution in [-0.4, -0.2) is 19.5 Å². The first kappa shape index (κ1) is 34.8. The van der Waals surface area contributed by atoms with Crippen molar-refractivity contribution in [2.75, 3.05) is 0 Å². The molecular weight excluding hydrogens is 741 g/mol. The van der Waals surface area contributed by atoms with Crippen LogP contribution in [0, 0.1) is 0 Å². The number of rotatable bonds is 6. The lowest BCUT2D eigenvalue weighted by atomic mass is 9.89. The van der Waals surface area contributed by atoms with Gasteiger partial charge < -0.3 is 4.57 Å². The average molecular weight is 777 g/mol. The molecule has 0 saturated heterocycles. The molecular formula is C57H36N4. The maximum absolute atomic E-state index is 5.13. The second kappa shape index (κ2) is 14.3. The number of nitrogens with zero attached hydrogens (tertiary/aromatic N) is 4. The van der Waals surface area contributed by atoms with Gasteiger partial charge in [-0.1, -0.05) is 188 Å². The van der Waals surface area contributed by atoms with E-state index >= 15 is 0 Å². The van der Waals surface area contributed by atoms with E-state index in [0.29, 0.717) is 17.5 Å². The molecule has 2 heterocycles. The fourth-order valence-electron chi connectivity index (χ4n) is 9.11. The summed E-state index contributed by atoms with van der Waals surface area (Å²) >= 11 is 0. The topological polar surface area (TPSA) is 43.6 Å². The summed E-state index contributed by atoms with van der Waals surface area (Å²) < 4.78 is 2.33. The molecule has 12 rings (SSSR count). The summed E-state index contributed by atoms with van der Waals surface area (Å²) in [6, 6.07) is 77.6. The fourth-order valence-corrected chi connectivity index (χ4v) is 9.11. The SMILES string of the molecule is c1ccc(-c2nc(-c3ccc(-c4ccc(-c5c6ccccc6cc6c5ccc5ccccc56)cc4)cc3)nc(-c3cccc(-n4c5ccccc5c5ccccc54)c3)n2)cc1. The van der Waals surface area contributed by atoms with Crippen LogP contribution in [0.15, 0.2) is 218 Å². The summed E-state index contributed by atoms with van der Waals surface area (Å²) in [7, 11) is 0. The van der Waals surface area contributed by atoms with Crippen molar-refractivity contribution in [2.45, 2.75) is 0 Å². The number of hydrogen-bond acceptors (Lipinski definition) is 3. The molecule has 0 amide bonds. The second-order valence-corrected chi connectivity index (χ2v) is 15.6. The van der Waals surface area contributed by atoms with Crippen LogP contribution in [0.4, 0.5) is 0 Å². The molecule has 0 bridgehead atoms. The molecule has 0 saturated carbocycles. The maximum Gasteiger partial charge on any atom is 0.164 e. The Bertz CT molecular complexity index is 3570. The molecule has 61 heavy (non-hydrogen) atoms. The Balaban J connectivity index is 0.918. The lowest BCUT2D eigenvalue weighted by Crippen LogP contribution is -2.01. The van der Waals surface area contributed by atoms with Crippen LogP contribution < -0.4 is 0 Å². The number of benzene rings is 10. The summed E-state index contributed by atoms with van der Waals surface area (Å²) in [6.07, 6.45) is 0. The van der Waals surface area contributed by atoms with Crippen molar-refractivity contribution in [2.24, 2.45) is 0 Å². The molecule has 0 radical (unpaired) electrons. The summed E-state index contributed by atoms with van der Waals surface area (Å²) in [6.45, 7) is 0. The Labute approximate surface area is 352 Å². The van der Waals surface area contributed by atoms with Crippen LogP contribution in [0.25, 0.3) is 116 Å². The van der Waals surface area contributed by atoms with Gasteiger partial charge in [0.1, 0.15) is 0 Å². The zero-order valence-electron chi connectivity index (χ0n) is 33.1. The third-order valence-corrected chi connectivity index (χ3v) is 12.0. The van der Waals surface area contributed by atoms with E-state index in [2.05, 4.69) is 193 Å². The van der Waals surface area contributed by atoms with E-state index in [1.54, 1.807) is 0 Å². The Kier molecular flexibility index (Phi) is 8.13. The number of para-hydroxylation sites is 2. The summed E-state index contributed by atoms with van der Waals surface area (Å²) in [5.74, 6) is 1.89. The van der Waals surface area contributed by atoms with Crippen LogP contribution >= 0.6 is 0 Å². The fraction of sp³-hybridized carbons (Fsp3) is 0. The van der Waals surface area contributed by atoms with Gasteiger partial charge in [0.2, 0.25) is 0 Å². The van der Waals surface area contributed by atoms with Gasteiger partial charge in [0.25, 0.3) is 0 Å². The van der Waals surface area contributed by atoms with E-state index in [-0.39, 0.29) is 0 Å². The Hall–Kier alpha value is -8.21. The monoisotopic (exact) mass is 776 g/mol. The molecule has 0 unspecified atom stereocenters. The Morgan fingerprint density at radius 3 is 1.43 bits per heavy atom. The molecule has 284 valence electrons. The number of hydrogen-bond donors (Lipinski definition) is 0. The van der Waals surface area contributed by atoms with Crippen molar-refractivity contribution in [1.82, 2.24) is 19.5 Å². The van der Waals surface area contributed by atoms with Gasteiger partial charge in [-0.3, -0.25) is 0 Å². The van der Waals surface area contributed by atoms with Crippen molar-refractivity contribution in [3.05, 3.63) is 218 Å². The first-order valence-corrected chi connectivity index (χ1v) is 20.7. The Morgan fingerprint density at radius 2 is 0.754 bits per heavy atom. The molecule has 0 spiro atoms. The molecule has 10 aromatic carbocycles. The third-order valence-electron chi connectivity index (χ3n) is 12.0. The van der Waals surface area contributed by atoms with Crippen molar-refractivity contribution < 1.29 is 0 Å². The molecule has 0 N–H and O–H groups in total. The highest BCUT2D eigenvalue weighted by atomic mass is 15.0. The molecule has 0 aliphatic rings. The largest absolute Gasteiger partial charge is 0.309 e. The molecule has 4 heteroatoms. The van der Waals surface area contributed by atoms with Gasteiger partial charge in [-0.25, -0.2) is 15.0 Å². The van der Waals surface area contributed by atoms with Gasteiger partial charge in [-0.15, -0.1) is 0 Å². The minimum atomic E-state index is 0.625. The highest BCUT2D eigenvalue weighted by Crippen LogP contribution is 2.40. The van der Waals surface area contributed by atoms with E-state index < -0.39 is 0 Å². The standard InChI is InChI=1S/C57H36N4/c1-2-14-41(15-3-1)55-58-56(60-57(59-55)44-17-12-18-45(35-44)61-52-23-10-8-21-48(52)49-22-9-11-24-53(49)61)42-31-27-38(28-32-42)37-25-29-40(30-26-37)54-47-20-7-5-16-43(47)36-51-46-19-6-4-13-39(46)33-34-50(51)54/h1-36H. The van der Waals surface area contributed by atoms with Crippen LogP contribution in [0.5, 0.6) is 0 Å². The first-order valence-electron chi connectivity index (χ1n) is 20.7. The number of aromatic nitrogens is 4. The first-order chi connectivity index (χ1) is 30.2. The van der Waals surface area contributed by atoms with Gasteiger partial charge in [0, 0.05) is 33.2 Å². The van der Waals surface area contributed by atoms with Crippen LogP contribution in [0.1, 0.15) is 0 Å². The van der Waals surface area contributed by atoms with Gasteiger partial charge in [0.05, 0.1) is 11.0 Å². The van der Waals surface area contributed by atoms with Crippen molar-refractivity contribution in [3.8, 4) is 62.1 Å². The minimum Gasteiger partial charge on any atom is -0.309 e. The summed E-state index contributed by atoms with van der Waals surface area (Å²) in [5.41, 5.74) is 10.9. The molecule has 12 aromatic rings. The zero-order chi connectivity index (χ0) is 40.3. The van der Waals surface area contributed by atoms with Gasteiger partial charge in [0.15, 0.2) is 17.5 Å². The summed E-state index contributed by atoms with van der Waals surface area (Å²) in [4.78, 5) is 15.2. The summed E-state index contributed by atoms with van der Waals surface area (Å²) in [5, 5.41) is 10.0. The zero-order valence-corrected chi connectivity index (χ0v) is 33.1. The normalized spacial score (nSPS) is 11.6. The highest BCUT2D eigenvalue weighted by molar-refractivity contribution is 6.20. The predicted molar refractivity (Wildman–Crippen MR) is 254 cm³/mol. The van der Waals surface area contributed by atoms with E-state index in [1.807, 2.05) is 30.3 Å². The van der Waals surface area contributed by atoms with Gasteiger partial charge in [-0.05, 0) is 84.9 Å². The van der Waals surface area contributed by atoms with Gasteiger partial charge in [-0.2, -0.15) is 0 Å². The Morgan fingerprint density at radius 1 is 0.262 bits per heavy atom. The van der Waals surface area contributed by atoms with Crippen molar-refractivity contribution in [1.29, 1.82) is 0 Å². The molecule has 2 aromatic heterocycles. The average Bonchev–Trinajstić information content (AvgIpc) is 3.68. The predicted octanol–water partition coefficient (Wildman–Crippen LogP) is 14.8. The maximum atomic E-state index is 5.13. The van der Waals surface area contributed by atoms with Crippen LogP contribution in [0.2, 0.25) is 0 Å². The molecule has 0 atom stereocenters. The lowest BCUT2D eigenvalue weighted by molar-refractivity contribution is 1.07. The van der Waals surface area contributed by atoms with E-state index in [0.717, 1.165) is 44.5 Å². The third kappa shape index (κ3) is 5.96. The number of fused-ring (bicyclic) bond motifs is 7. The molecule has 0 aliphatic carbocycles. The van der Waals surface area contributed by atoms with Gasteiger partial charge >= 0.3 is 0 Å². The lowest BCUT2D eigenvalue weighted by Gasteiger charge is -2.14. The minimum absolute atomic E-state index is 0.625. The van der Waals surface area contributed by atoms with E-state index in [4.69, 9.17) is 15.0 Å². The molecule has 0 fully saturated rings. The molecule has 4 nitrogen and oxygen atoms in total. The van der Waals surface area contributed by atoms with E-state index in [1.165, 1.54) is 54.2 Å². The van der Waals surface area contributed by atoms with Crippen molar-refractivity contribution in [3.63, 3.8) is 0 Å². The van der Waals surface area contributed by atoms with Crippen molar-refractivity contribution >= 4 is 54.1 Å². The van der Waals surface area contributed by atoms with E-state index in [9.17, 15) is 0 Å². The smallest absolute Gasteiger partial charge is 0.164 e. The molecule has 0 aliphatic heterocycles. The highest BCUT2D eigenvalue weighted by Gasteiger charge is 2.17.